The van der Waals surface area contributed by atoms with Crippen molar-refractivity contribution >= 4 is 5.69 Å². The molecule has 0 saturated carbocycles. The molecule has 0 aliphatic heterocycles. The number of ether oxygens (including phenoxy) is 2. The smallest absolute Gasteiger partial charge is 0.142 e. The first-order chi connectivity index (χ1) is 7.74. The summed E-state index contributed by atoms with van der Waals surface area (Å²) >= 11 is 0. The van der Waals surface area contributed by atoms with Gasteiger partial charge in [0.25, 0.3) is 0 Å². The van der Waals surface area contributed by atoms with Gasteiger partial charge in [0.2, 0.25) is 0 Å². The molecule has 0 aromatic heterocycles. The summed E-state index contributed by atoms with van der Waals surface area (Å²) in [6.45, 7) is -0.312. The van der Waals surface area contributed by atoms with Crippen LogP contribution < -0.4 is 14.8 Å². The van der Waals surface area contributed by atoms with E-state index in [4.69, 9.17) is 19.7 Å². The standard InChI is InChI=1S/C11H17NO4/c1-15-9-3-4-11(16-2)10(5-9)12-8(6-13)7-14/h3-5,8,12-14H,6-7H2,1-2H3. The number of aliphatic hydroxyl groups is 2. The van der Waals surface area contributed by atoms with Crippen LogP contribution in [0.25, 0.3) is 0 Å². The average molecular weight is 227 g/mol. The predicted molar refractivity (Wildman–Crippen MR) is 61.1 cm³/mol. The van der Waals surface area contributed by atoms with Crippen LogP contribution in [0.15, 0.2) is 18.2 Å². The van der Waals surface area contributed by atoms with Crippen LogP contribution in [0.4, 0.5) is 5.69 Å². The average Bonchev–Trinajstić information content (AvgIpc) is 2.35. The van der Waals surface area contributed by atoms with E-state index in [2.05, 4.69) is 5.32 Å². The van der Waals surface area contributed by atoms with E-state index in [-0.39, 0.29) is 13.2 Å². The highest BCUT2D eigenvalue weighted by atomic mass is 16.5. The minimum absolute atomic E-state index is 0.156. The fraction of sp³-hybridized carbons (Fsp3) is 0.455. The zero-order valence-electron chi connectivity index (χ0n) is 9.43. The third-order valence-electron chi connectivity index (χ3n) is 2.21. The molecule has 0 unspecified atom stereocenters. The van der Waals surface area contributed by atoms with Gasteiger partial charge in [0, 0.05) is 6.07 Å². The molecule has 0 saturated heterocycles. The molecule has 0 heterocycles. The maximum atomic E-state index is 8.98. The molecule has 1 aromatic carbocycles. The largest absolute Gasteiger partial charge is 0.497 e. The van der Waals surface area contributed by atoms with Gasteiger partial charge in [-0.2, -0.15) is 0 Å². The first-order valence-corrected chi connectivity index (χ1v) is 4.95. The lowest BCUT2D eigenvalue weighted by Gasteiger charge is -2.17. The number of hydrogen-bond donors (Lipinski definition) is 3. The fourth-order valence-electron chi connectivity index (χ4n) is 1.30. The summed E-state index contributed by atoms with van der Waals surface area (Å²) in [6, 6.07) is 4.86. The van der Waals surface area contributed by atoms with Crippen LogP contribution in [0.5, 0.6) is 11.5 Å². The number of aliphatic hydroxyl groups excluding tert-OH is 2. The molecular formula is C11H17NO4. The molecule has 0 radical (unpaired) electrons. The number of rotatable bonds is 6. The molecule has 3 N–H and O–H groups in total. The quantitative estimate of drug-likeness (QED) is 0.659. The van der Waals surface area contributed by atoms with Crippen molar-refractivity contribution in [3.05, 3.63) is 18.2 Å². The van der Waals surface area contributed by atoms with Gasteiger partial charge in [0.15, 0.2) is 0 Å². The van der Waals surface area contributed by atoms with Gasteiger partial charge in [-0.25, -0.2) is 0 Å². The van der Waals surface area contributed by atoms with Crippen molar-refractivity contribution in [2.45, 2.75) is 6.04 Å². The topological polar surface area (TPSA) is 71.0 Å². The Morgan fingerprint density at radius 2 is 1.88 bits per heavy atom. The molecule has 90 valence electrons. The van der Waals surface area contributed by atoms with Crippen molar-refractivity contribution in [1.29, 1.82) is 0 Å². The molecule has 1 aromatic rings. The second-order valence-electron chi connectivity index (χ2n) is 3.27. The summed E-state index contributed by atoms with van der Waals surface area (Å²) in [5.41, 5.74) is 0.676. The Balaban J connectivity index is 2.90. The molecule has 5 heteroatoms. The van der Waals surface area contributed by atoms with Gasteiger partial charge in [-0.05, 0) is 12.1 Å². The van der Waals surface area contributed by atoms with E-state index in [0.717, 1.165) is 0 Å². The molecular weight excluding hydrogens is 210 g/mol. The van der Waals surface area contributed by atoms with Crippen LogP contribution in [-0.2, 0) is 0 Å². The lowest BCUT2D eigenvalue weighted by molar-refractivity contribution is 0.203. The SMILES string of the molecule is COc1ccc(OC)c(NC(CO)CO)c1. The lowest BCUT2D eigenvalue weighted by atomic mass is 10.2. The minimum atomic E-state index is -0.416. The van der Waals surface area contributed by atoms with Gasteiger partial charge >= 0.3 is 0 Å². The number of benzene rings is 1. The third-order valence-corrected chi connectivity index (χ3v) is 2.21. The van der Waals surface area contributed by atoms with Crippen molar-refractivity contribution in [1.82, 2.24) is 0 Å². The molecule has 5 nitrogen and oxygen atoms in total. The molecule has 0 spiro atoms. The van der Waals surface area contributed by atoms with Crippen LogP contribution in [-0.4, -0.2) is 43.7 Å². The van der Waals surface area contributed by atoms with Gasteiger partial charge in [-0.3, -0.25) is 0 Å². The first-order valence-electron chi connectivity index (χ1n) is 4.95. The van der Waals surface area contributed by atoms with E-state index in [9.17, 15) is 0 Å². The van der Waals surface area contributed by atoms with E-state index in [1.807, 2.05) is 0 Å². The van der Waals surface area contributed by atoms with Crippen molar-refractivity contribution in [2.24, 2.45) is 0 Å². The number of hydrogen-bond acceptors (Lipinski definition) is 5. The number of nitrogens with one attached hydrogen (secondary N) is 1. The Kier molecular flexibility index (Phi) is 4.88. The van der Waals surface area contributed by atoms with Crippen LogP contribution in [0.3, 0.4) is 0 Å². The van der Waals surface area contributed by atoms with Gasteiger partial charge in [-0.1, -0.05) is 0 Å². The second kappa shape index (κ2) is 6.19. The molecule has 16 heavy (non-hydrogen) atoms. The Labute approximate surface area is 94.6 Å². The van der Waals surface area contributed by atoms with Crippen molar-refractivity contribution in [2.75, 3.05) is 32.8 Å². The van der Waals surface area contributed by atoms with Crippen molar-refractivity contribution in [3.63, 3.8) is 0 Å². The molecule has 0 aliphatic carbocycles. The van der Waals surface area contributed by atoms with Gasteiger partial charge in [0.1, 0.15) is 11.5 Å². The summed E-state index contributed by atoms with van der Waals surface area (Å²) in [4.78, 5) is 0. The maximum absolute atomic E-state index is 8.98. The van der Waals surface area contributed by atoms with Crippen LogP contribution in [0.2, 0.25) is 0 Å². The summed E-state index contributed by atoms with van der Waals surface area (Å²) in [5.74, 6) is 1.31. The Morgan fingerprint density at radius 1 is 1.19 bits per heavy atom. The monoisotopic (exact) mass is 227 g/mol. The molecule has 0 bridgehead atoms. The summed E-state index contributed by atoms with van der Waals surface area (Å²) < 4.78 is 10.2. The highest BCUT2D eigenvalue weighted by Crippen LogP contribution is 2.29. The Hall–Kier alpha value is -1.46. The molecule has 1 rings (SSSR count). The second-order valence-corrected chi connectivity index (χ2v) is 3.27. The first kappa shape index (κ1) is 12.6. The molecule has 0 atom stereocenters. The van der Waals surface area contributed by atoms with E-state index in [0.29, 0.717) is 17.2 Å². The van der Waals surface area contributed by atoms with Crippen LogP contribution >= 0.6 is 0 Å². The maximum Gasteiger partial charge on any atom is 0.142 e. The van der Waals surface area contributed by atoms with Crippen LogP contribution in [0, 0.1) is 0 Å². The van der Waals surface area contributed by atoms with Gasteiger partial charge in [0.05, 0.1) is 39.2 Å². The molecule has 0 amide bonds. The minimum Gasteiger partial charge on any atom is -0.497 e. The fourth-order valence-corrected chi connectivity index (χ4v) is 1.30. The number of methoxy groups -OCH3 is 2. The molecule has 0 aliphatic rings. The van der Waals surface area contributed by atoms with E-state index in [1.165, 1.54) is 0 Å². The zero-order chi connectivity index (χ0) is 12.0. The van der Waals surface area contributed by atoms with E-state index in [1.54, 1.807) is 32.4 Å². The van der Waals surface area contributed by atoms with Crippen molar-refractivity contribution in [3.8, 4) is 11.5 Å². The highest BCUT2D eigenvalue weighted by molar-refractivity contribution is 5.60. The Bertz CT molecular complexity index is 326. The third kappa shape index (κ3) is 3.01. The lowest BCUT2D eigenvalue weighted by Crippen LogP contribution is -2.27. The van der Waals surface area contributed by atoms with Gasteiger partial charge < -0.3 is 25.0 Å². The summed E-state index contributed by atoms with van der Waals surface area (Å²) in [5, 5.41) is 20.9. The normalized spacial score (nSPS) is 10.3. The van der Waals surface area contributed by atoms with Crippen LogP contribution in [0.1, 0.15) is 0 Å². The van der Waals surface area contributed by atoms with Gasteiger partial charge in [-0.15, -0.1) is 0 Å². The Morgan fingerprint density at radius 3 is 2.38 bits per heavy atom. The zero-order valence-corrected chi connectivity index (χ0v) is 9.43. The highest BCUT2D eigenvalue weighted by Gasteiger charge is 2.10. The van der Waals surface area contributed by atoms with Crippen molar-refractivity contribution < 1.29 is 19.7 Å². The van der Waals surface area contributed by atoms with E-state index >= 15 is 0 Å². The molecule has 0 fully saturated rings. The summed E-state index contributed by atoms with van der Waals surface area (Å²) in [6.07, 6.45) is 0. The summed E-state index contributed by atoms with van der Waals surface area (Å²) in [7, 11) is 3.13. The number of anilines is 1. The van der Waals surface area contributed by atoms with E-state index < -0.39 is 6.04 Å². The predicted octanol–water partition coefficient (Wildman–Crippen LogP) is 0.469.